The fraction of sp³-hybridized carbons (Fsp3) is 0.600. The first-order valence-corrected chi connectivity index (χ1v) is 8.36. The van der Waals surface area contributed by atoms with Gasteiger partial charge in [0, 0.05) is 4.88 Å². The van der Waals surface area contributed by atoms with Crippen LogP contribution >= 0.6 is 11.3 Å². The minimum absolute atomic E-state index is 0.0652. The summed E-state index contributed by atoms with van der Waals surface area (Å²) in [5.41, 5.74) is 5.22. The van der Waals surface area contributed by atoms with Crippen LogP contribution in [0.25, 0.3) is 0 Å². The summed E-state index contributed by atoms with van der Waals surface area (Å²) in [6.45, 7) is 0. The standard InChI is InChI=1S/C15H23N3O2S/c16-14(18-20)15(8-4-2-1-3-5-9-15)17-13(19)11-12-7-6-10-21-12/h6-7,10,20H,1-5,8-9,11H2,(H2,16,18)(H,17,19). The van der Waals surface area contributed by atoms with E-state index in [-0.39, 0.29) is 11.7 Å². The fourth-order valence-electron chi connectivity index (χ4n) is 2.93. The molecule has 5 nitrogen and oxygen atoms in total. The van der Waals surface area contributed by atoms with Crippen molar-refractivity contribution in [2.75, 3.05) is 0 Å². The van der Waals surface area contributed by atoms with Crippen LogP contribution in [0.3, 0.4) is 0 Å². The predicted octanol–water partition coefficient (Wildman–Crippen LogP) is 2.64. The first-order chi connectivity index (χ1) is 10.2. The third-order valence-electron chi connectivity index (χ3n) is 4.10. The Kier molecular flexibility index (Phi) is 5.61. The molecule has 1 heterocycles. The molecule has 1 aromatic rings. The van der Waals surface area contributed by atoms with Gasteiger partial charge in [0.1, 0.15) is 5.54 Å². The maximum absolute atomic E-state index is 12.3. The third-order valence-corrected chi connectivity index (χ3v) is 4.98. The highest BCUT2D eigenvalue weighted by Gasteiger charge is 2.36. The van der Waals surface area contributed by atoms with Crippen molar-refractivity contribution >= 4 is 23.1 Å². The van der Waals surface area contributed by atoms with Crippen molar-refractivity contribution in [3.63, 3.8) is 0 Å². The molecule has 1 saturated carbocycles. The first kappa shape index (κ1) is 15.8. The van der Waals surface area contributed by atoms with Crippen molar-refractivity contribution in [1.82, 2.24) is 5.32 Å². The number of carbonyl (C=O) groups is 1. The molecule has 4 N–H and O–H groups in total. The Morgan fingerprint density at radius 3 is 2.57 bits per heavy atom. The Labute approximate surface area is 129 Å². The summed E-state index contributed by atoms with van der Waals surface area (Å²) in [6.07, 6.45) is 7.25. The maximum Gasteiger partial charge on any atom is 0.226 e. The molecule has 2 rings (SSSR count). The summed E-state index contributed by atoms with van der Waals surface area (Å²) in [5.74, 6) is 0.0635. The molecular formula is C15H23N3O2S. The summed E-state index contributed by atoms with van der Waals surface area (Å²) in [7, 11) is 0. The summed E-state index contributed by atoms with van der Waals surface area (Å²) < 4.78 is 0. The van der Waals surface area contributed by atoms with E-state index in [1.54, 1.807) is 11.3 Å². The van der Waals surface area contributed by atoms with Crippen LogP contribution in [0.2, 0.25) is 0 Å². The van der Waals surface area contributed by atoms with Crippen LogP contribution in [0.1, 0.15) is 49.8 Å². The van der Waals surface area contributed by atoms with Gasteiger partial charge in [0.05, 0.1) is 6.42 Å². The number of nitrogens with one attached hydrogen (secondary N) is 1. The molecule has 0 radical (unpaired) electrons. The van der Waals surface area contributed by atoms with Crippen LogP contribution in [0.15, 0.2) is 22.7 Å². The van der Waals surface area contributed by atoms with Crippen molar-refractivity contribution < 1.29 is 10.0 Å². The zero-order valence-corrected chi connectivity index (χ0v) is 13.0. The van der Waals surface area contributed by atoms with Crippen molar-refractivity contribution in [2.24, 2.45) is 10.9 Å². The van der Waals surface area contributed by atoms with E-state index in [0.29, 0.717) is 6.42 Å². The van der Waals surface area contributed by atoms with Gasteiger partial charge in [-0.1, -0.05) is 43.3 Å². The van der Waals surface area contributed by atoms with Crippen LogP contribution in [0, 0.1) is 0 Å². The molecule has 21 heavy (non-hydrogen) atoms. The normalized spacial score (nSPS) is 19.5. The summed E-state index contributed by atoms with van der Waals surface area (Å²) in [4.78, 5) is 13.3. The van der Waals surface area contributed by atoms with Crippen molar-refractivity contribution in [2.45, 2.75) is 56.9 Å². The molecule has 6 heteroatoms. The van der Waals surface area contributed by atoms with Crippen LogP contribution < -0.4 is 11.1 Å². The average molecular weight is 309 g/mol. The number of oxime groups is 1. The van der Waals surface area contributed by atoms with Gasteiger partial charge in [-0.3, -0.25) is 4.79 Å². The molecule has 0 unspecified atom stereocenters. The van der Waals surface area contributed by atoms with E-state index in [0.717, 1.165) is 43.4 Å². The molecule has 1 aliphatic carbocycles. The van der Waals surface area contributed by atoms with E-state index in [1.807, 2.05) is 17.5 Å². The van der Waals surface area contributed by atoms with Crippen LogP contribution in [-0.2, 0) is 11.2 Å². The second kappa shape index (κ2) is 7.45. The van der Waals surface area contributed by atoms with Gasteiger partial charge in [-0.15, -0.1) is 11.3 Å². The molecule has 0 saturated heterocycles. The molecule has 0 atom stereocenters. The second-order valence-corrected chi connectivity index (χ2v) is 6.67. The molecule has 0 bridgehead atoms. The molecule has 1 aromatic heterocycles. The highest BCUT2D eigenvalue weighted by atomic mass is 32.1. The van der Waals surface area contributed by atoms with E-state index in [4.69, 9.17) is 10.9 Å². The topological polar surface area (TPSA) is 87.7 Å². The molecule has 116 valence electrons. The lowest BCUT2D eigenvalue weighted by Crippen LogP contribution is -2.58. The van der Waals surface area contributed by atoms with Crippen LogP contribution in [-0.4, -0.2) is 22.5 Å². The highest BCUT2D eigenvalue weighted by molar-refractivity contribution is 7.10. The van der Waals surface area contributed by atoms with Gasteiger partial charge in [0.2, 0.25) is 5.91 Å². The van der Waals surface area contributed by atoms with E-state index >= 15 is 0 Å². The number of thiophene rings is 1. The lowest BCUT2D eigenvalue weighted by molar-refractivity contribution is -0.121. The highest BCUT2D eigenvalue weighted by Crippen LogP contribution is 2.27. The van der Waals surface area contributed by atoms with Gasteiger partial charge in [0.25, 0.3) is 0 Å². The number of nitrogens with two attached hydrogens (primary N) is 1. The Morgan fingerprint density at radius 2 is 2.00 bits per heavy atom. The van der Waals surface area contributed by atoms with E-state index in [2.05, 4.69) is 10.5 Å². The molecule has 1 aliphatic rings. The number of nitrogens with zero attached hydrogens (tertiary/aromatic N) is 1. The summed E-state index contributed by atoms with van der Waals surface area (Å²) in [6, 6.07) is 3.88. The first-order valence-electron chi connectivity index (χ1n) is 7.48. The second-order valence-electron chi connectivity index (χ2n) is 5.64. The SMILES string of the molecule is N/C(=N/O)C1(NC(=O)Cc2cccs2)CCCCCCC1. The van der Waals surface area contributed by atoms with E-state index < -0.39 is 5.54 Å². The number of hydrogen-bond acceptors (Lipinski definition) is 4. The summed E-state index contributed by atoms with van der Waals surface area (Å²) in [5, 5.41) is 17.3. The van der Waals surface area contributed by atoms with Gasteiger partial charge in [-0.2, -0.15) is 0 Å². The number of amides is 1. The maximum atomic E-state index is 12.3. The minimum Gasteiger partial charge on any atom is -0.409 e. The van der Waals surface area contributed by atoms with Gasteiger partial charge >= 0.3 is 0 Å². The van der Waals surface area contributed by atoms with Gasteiger partial charge in [0.15, 0.2) is 5.84 Å². The number of carbonyl (C=O) groups excluding carboxylic acids is 1. The zero-order valence-electron chi connectivity index (χ0n) is 12.2. The molecular weight excluding hydrogens is 286 g/mol. The quantitative estimate of drug-likeness (QED) is 0.346. The zero-order chi connectivity index (χ0) is 15.1. The van der Waals surface area contributed by atoms with E-state index in [9.17, 15) is 4.79 Å². The minimum atomic E-state index is -0.691. The smallest absolute Gasteiger partial charge is 0.226 e. The molecule has 1 fully saturated rings. The van der Waals surface area contributed by atoms with Crippen molar-refractivity contribution in [3.8, 4) is 0 Å². The monoisotopic (exact) mass is 309 g/mol. The Bertz CT molecular complexity index is 477. The van der Waals surface area contributed by atoms with Gasteiger partial charge in [-0.05, 0) is 24.3 Å². The summed E-state index contributed by atoms with van der Waals surface area (Å²) >= 11 is 1.56. The number of amidine groups is 1. The van der Waals surface area contributed by atoms with Gasteiger partial charge < -0.3 is 16.3 Å². The Hall–Kier alpha value is -1.56. The molecule has 0 aliphatic heterocycles. The van der Waals surface area contributed by atoms with Crippen molar-refractivity contribution in [3.05, 3.63) is 22.4 Å². The number of rotatable bonds is 4. The number of hydrogen-bond donors (Lipinski definition) is 3. The molecule has 0 aromatic carbocycles. The Morgan fingerprint density at radius 1 is 1.33 bits per heavy atom. The lowest BCUT2D eigenvalue weighted by atomic mass is 9.82. The molecule has 1 amide bonds. The predicted molar refractivity (Wildman–Crippen MR) is 84.6 cm³/mol. The molecule has 0 spiro atoms. The van der Waals surface area contributed by atoms with Crippen LogP contribution in [0.4, 0.5) is 0 Å². The van der Waals surface area contributed by atoms with E-state index in [1.165, 1.54) is 6.42 Å². The third kappa shape index (κ3) is 4.20. The largest absolute Gasteiger partial charge is 0.409 e. The van der Waals surface area contributed by atoms with Crippen molar-refractivity contribution in [1.29, 1.82) is 0 Å². The van der Waals surface area contributed by atoms with Gasteiger partial charge in [-0.25, -0.2) is 0 Å². The average Bonchev–Trinajstić information content (AvgIpc) is 2.93. The fourth-order valence-corrected chi connectivity index (χ4v) is 3.64. The lowest BCUT2D eigenvalue weighted by Gasteiger charge is -2.35. The Balaban J connectivity index is 2.09. The van der Waals surface area contributed by atoms with Crippen LogP contribution in [0.5, 0.6) is 0 Å².